The predicted molar refractivity (Wildman–Crippen MR) is 84.7 cm³/mol. The van der Waals surface area contributed by atoms with Gasteiger partial charge in [-0.1, -0.05) is 56.2 Å². The van der Waals surface area contributed by atoms with Gasteiger partial charge in [-0.25, -0.2) is 0 Å². The van der Waals surface area contributed by atoms with Crippen molar-refractivity contribution in [3.05, 3.63) is 60.7 Å². The third-order valence-corrected chi connectivity index (χ3v) is 2.65. The Hall–Kier alpha value is -1.84. The summed E-state index contributed by atoms with van der Waals surface area (Å²) in [6, 6.07) is 19.5. The highest BCUT2D eigenvalue weighted by atomic mass is 16.5. The van der Waals surface area contributed by atoms with Gasteiger partial charge in [0.2, 0.25) is 0 Å². The largest absolute Gasteiger partial charge is 0.457 e. The minimum atomic E-state index is 0.869. The molecular formula is C17H24N2O. The lowest BCUT2D eigenvalue weighted by molar-refractivity contribution is 0.482. The van der Waals surface area contributed by atoms with Gasteiger partial charge in [0.05, 0.1) is 0 Å². The summed E-state index contributed by atoms with van der Waals surface area (Å²) >= 11 is 0. The van der Waals surface area contributed by atoms with Crippen LogP contribution in [0.3, 0.4) is 0 Å². The molecule has 3 nitrogen and oxygen atoms in total. The molecule has 108 valence electrons. The van der Waals surface area contributed by atoms with Gasteiger partial charge in [0.1, 0.15) is 11.5 Å². The van der Waals surface area contributed by atoms with Gasteiger partial charge in [-0.2, -0.15) is 0 Å². The van der Waals surface area contributed by atoms with E-state index < -0.39 is 0 Å². The van der Waals surface area contributed by atoms with Crippen molar-refractivity contribution in [3.63, 3.8) is 0 Å². The van der Waals surface area contributed by atoms with Gasteiger partial charge >= 0.3 is 0 Å². The second-order valence-corrected chi connectivity index (χ2v) is 4.39. The van der Waals surface area contributed by atoms with Crippen molar-refractivity contribution in [1.29, 1.82) is 0 Å². The van der Waals surface area contributed by atoms with Gasteiger partial charge in [-0.05, 0) is 30.7 Å². The van der Waals surface area contributed by atoms with Gasteiger partial charge in [-0.3, -0.25) is 11.3 Å². The molecule has 3 heteroatoms. The molecule has 0 aliphatic carbocycles. The molecule has 3 N–H and O–H groups in total. The molecule has 2 rings (SSSR count). The number of nitrogens with one attached hydrogen (secondary N) is 1. The van der Waals surface area contributed by atoms with E-state index in [1.54, 1.807) is 0 Å². The molecule has 0 unspecified atom stereocenters. The third kappa shape index (κ3) is 7.56. The fraction of sp³-hybridized carbons (Fsp3) is 0.294. The van der Waals surface area contributed by atoms with Crippen LogP contribution in [0.1, 0.15) is 26.2 Å². The third-order valence-electron chi connectivity index (χ3n) is 2.65. The molecule has 0 saturated heterocycles. The van der Waals surface area contributed by atoms with E-state index in [0.29, 0.717) is 0 Å². The molecule has 0 radical (unpaired) electrons. The average Bonchev–Trinajstić information content (AvgIpc) is 2.51. The summed E-state index contributed by atoms with van der Waals surface area (Å²) in [5, 5.41) is 0. The highest BCUT2D eigenvalue weighted by Gasteiger charge is 1.92. The summed E-state index contributed by atoms with van der Waals surface area (Å²) in [5.74, 6) is 6.76. The number of hydrogen-bond acceptors (Lipinski definition) is 3. The molecule has 0 atom stereocenters. The second-order valence-electron chi connectivity index (χ2n) is 4.39. The van der Waals surface area contributed by atoms with Gasteiger partial charge in [0, 0.05) is 6.54 Å². The molecular weight excluding hydrogens is 248 g/mol. The van der Waals surface area contributed by atoms with Crippen molar-refractivity contribution in [2.45, 2.75) is 26.2 Å². The Bertz CT molecular complexity index is 390. The minimum absolute atomic E-state index is 0.869. The summed E-state index contributed by atoms with van der Waals surface area (Å²) in [6.07, 6.45) is 3.75. The van der Waals surface area contributed by atoms with Crippen LogP contribution in [0.2, 0.25) is 0 Å². The van der Waals surface area contributed by atoms with Crippen LogP contribution in [-0.2, 0) is 0 Å². The topological polar surface area (TPSA) is 47.3 Å². The fourth-order valence-electron chi connectivity index (χ4n) is 1.59. The molecule has 0 aliphatic heterocycles. The summed E-state index contributed by atoms with van der Waals surface area (Å²) < 4.78 is 5.58. The number of hydrogen-bond donors (Lipinski definition) is 2. The zero-order valence-corrected chi connectivity index (χ0v) is 12.1. The smallest absolute Gasteiger partial charge is 0.127 e. The highest BCUT2D eigenvalue weighted by molar-refractivity contribution is 5.30. The Morgan fingerprint density at radius 2 is 1.35 bits per heavy atom. The Labute approximate surface area is 121 Å². The van der Waals surface area contributed by atoms with Crippen LogP contribution >= 0.6 is 0 Å². The first-order valence-corrected chi connectivity index (χ1v) is 7.08. The first-order valence-electron chi connectivity index (χ1n) is 7.08. The molecule has 0 amide bonds. The maximum Gasteiger partial charge on any atom is 0.127 e. The molecule has 20 heavy (non-hydrogen) atoms. The van der Waals surface area contributed by atoms with Crippen LogP contribution in [0.25, 0.3) is 0 Å². The van der Waals surface area contributed by atoms with E-state index in [9.17, 15) is 0 Å². The summed E-state index contributed by atoms with van der Waals surface area (Å²) in [7, 11) is 0. The van der Waals surface area contributed by atoms with Crippen molar-refractivity contribution in [3.8, 4) is 11.5 Å². The first kappa shape index (κ1) is 16.2. The van der Waals surface area contributed by atoms with E-state index in [1.165, 1.54) is 19.3 Å². The zero-order valence-electron chi connectivity index (χ0n) is 12.1. The lowest BCUT2D eigenvalue weighted by atomic mass is 10.3. The van der Waals surface area contributed by atoms with Crippen LogP contribution < -0.4 is 16.0 Å². The Morgan fingerprint density at radius 3 is 1.75 bits per heavy atom. The van der Waals surface area contributed by atoms with Crippen molar-refractivity contribution in [2.24, 2.45) is 5.84 Å². The van der Waals surface area contributed by atoms with Crippen LogP contribution in [-0.4, -0.2) is 6.54 Å². The van der Waals surface area contributed by atoms with Crippen molar-refractivity contribution in [2.75, 3.05) is 6.54 Å². The normalized spacial score (nSPS) is 9.50. The first-order chi connectivity index (χ1) is 9.86. The second kappa shape index (κ2) is 11.0. The van der Waals surface area contributed by atoms with Gasteiger partial charge in [-0.15, -0.1) is 0 Å². The lowest BCUT2D eigenvalue weighted by Gasteiger charge is -2.03. The lowest BCUT2D eigenvalue weighted by Crippen LogP contribution is -2.22. The van der Waals surface area contributed by atoms with Crippen LogP contribution in [0, 0.1) is 0 Å². The minimum Gasteiger partial charge on any atom is -0.457 e. The number of hydrazine groups is 1. The monoisotopic (exact) mass is 272 g/mol. The Kier molecular flexibility index (Phi) is 8.94. The molecule has 2 aromatic rings. The van der Waals surface area contributed by atoms with E-state index in [0.717, 1.165) is 18.0 Å². The molecule has 0 fully saturated rings. The number of unbranched alkanes of at least 4 members (excludes halogenated alkanes) is 2. The van der Waals surface area contributed by atoms with E-state index in [-0.39, 0.29) is 0 Å². The highest BCUT2D eigenvalue weighted by Crippen LogP contribution is 2.19. The number of ether oxygens (including phenoxy) is 1. The number of rotatable bonds is 6. The van der Waals surface area contributed by atoms with Crippen molar-refractivity contribution in [1.82, 2.24) is 5.43 Å². The summed E-state index contributed by atoms with van der Waals surface area (Å²) in [6.45, 7) is 3.13. The summed E-state index contributed by atoms with van der Waals surface area (Å²) in [4.78, 5) is 0. The Balaban J connectivity index is 0.000000246. The van der Waals surface area contributed by atoms with Crippen LogP contribution in [0.4, 0.5) is 0 Å². The molecule has 0 bridgehead atoms. The van der Waals surface area contributed by atoms with Gasteiger partial charge in [0.15, 0.2) is 0 Å². The van der Waals surface area contributed by atoms with Crippen molar-refractivity contribution < 1.29 is 4.74 Å². The number of nitrogens with two attached hydrogens (primary N) is 1. The number of para-hydroxylation sites is 2. The quantitative estimate of drug-likeness (QED) is 0.472. The molecule has 0 spiro atoms. The molecule has 0 aromatic heterocycles. The molecule has 0 aliphatic rings. The van der Waals surface area contributed by atoms with E-state index in [4.69, 9.17) is 10.6 Å². The predicted octanol–water partition coefficient (Wildman–Crippen LogP) is 4.12. The molecule has 2 aromatic carbocycles. The van der Waals surface area contributed by atoms with Gasteiger partial charge < -0.3 is 4.74 Å². The maximum atomic E-state index is 5.58. The standard InChI is InChI=1S/C12H10O.C5H14N2/c1-3-7-11(8-4-1)13-12-9-5-2-6-10-12;1-2-3-4-5-7-6/h1-10H;7H,2-6H2,1H3. The molecule has 0 saturated carbocycles. The van der Waals surface area contributed by atoms with Crippen LogP contribution in [0.15, 0.2) is 60.7 Å². The number of benzene rings is 2. The summed E-state index contributed by atoms with van der Waals surface area (Å²) in [5.41, 5.74) is 2.60. The molecule has 0 heterocycles. The fourth-order valence-corrected chi connectivity index (χ4v) is 1.59. The van der Waals surface area contributed by atoms with Crippen molar-refractivity contribution >= 4 is 0 Å². The SMILES string of the molecule is CCCCCNN.c1ccc(Oc2ccccc2)cc1. The maximum absolute atomic E-state index is 5.58. The zero-order chi connectivity index (χ0) is 14.5. The average molecular weight is 272 g/mol. The Morgan fingerprint density at radius 1 is 0.850 bits per heavy atom. The van der Waals surface area contributed by atoms with Gasteiger partial charge in [0.25, 0.3) is 0 Å². The van der Waals surface area contributed by atoms with E-state index in [2.05, 4.69) is 12.3 Å². The van der Waals surface area contributed by atoms with Crippen LogP contribution in [0.5, 0.6) is 11.5 Å². The van der Waals surface area contributed by atoms with E-state index in [1.807, 2.05) is 60.7 Å². The van der Waals surface area contributed by atoms with E-state index >= 15 is 0 Å².